The Bertz CT molecular complexity index is 1240. The molecule has 0 bridgehead atoms. The number of halogens is 3. The van der Waals surface area contributed by atoms with Crippen LogP contribution in [0.3, 0.4) is 0 Å². The monoisotopic (exact) mass is 496 g/mol. The van der Waals surface area contributed by atoms with Crippen molar-refractivity contribution in [3.8, 4) is 21.3 Å². The average Bonchev–Trinajstić information content (AvgIpc) is 3.53. The highest BCUT2D eigenvalue weighted by atomic mass is 32.1. The molecule has 4 heterocycles. The maximum Gasteiger partial charge on any atom is 0.490 e. The van der Waals surface area contributed by atoms with E-state index in [0.717, 1.165) is 21.1 Å². The standard InChI is InChI=1S/C17H14N6OS2.C2HF3O2/c1-10-9-25-17(20-10)13-3-2-12(26-13)16(24)19-8-14-21-15(23-22-14)11-4-6-18-7-5-11;3-2(4,5)1(6)7/h2-7,9H,8H2,1H3,(H,19,24)(H,21,22,23);(H,6,7). The van der Waals surface area contributed by atoms with Gasteiger partial charge in [0.05, 0.1) is 16.3 Å². The Kier molecular flexibility index (Phi) is 7.50. The lowest BCUT2D eigenvalue weighted by molar-refractivity contribution is -0.192. The number of carboxylic acid groups (broad SMARTS) is 1. The number of aromatic nitrogens is 5. The van der Waals surface area contributed by atoms with E-state index in [2.05, 4.69) is 30.5 Å². The molecule has 3 N–H and O–H groups in total. The van der Waals surface area contributed by atoms with Gasteiger partial charge >= 0.3 is 12.1 Å². The van der Waals surface area contributed by atoms with Crippen molar-refractivity contribution in [2.75, 3.05) is 0 Å². The third-order valence-corrected chi connectivity index (χ3v) is 6.00. The number of thiazole rings is 1. The molecule has 0 atom stereocenters. The van der Waals surface area contributed by atoms with Gasteiger partial charge in [-0.25, -0.2) is 14.8 Å². The van der Waals surface area contributed by atoms with E-state index < -0.39 is 12.1 Å². The summed E-state index contributed by atoms with van der Waals surface area (Å²) < 4.78 is 31.7. The normalized spacial score (nSPS) is 10.9. The van der Waals surface area contributed by atoms with Gasteiger partial charge < -0.3 is 10.4 Å². The molecular formula is C19H15F3N6O3S2. The van der Waals surface area contributed by atoms with Crippen LogP contribution in [0.5, 0.6) is 0 Å². The number of H-pyrrole nitrogens is 1. The SMILES string of the molecule is Cc1csc(-c2ccc(C(=O)NCc3nc(-c4ccncc4)n[nH]3)s2)n1.O=C(O)C(F)(F)F. The highest BCUT2D eigenvalue weighted by Gasteiger charge is 2.38. The molecule has 9 nitrogen and oxygen atoms in total. The maximum atomic E-state index is 12.4. The Hall–Kier alpha value is -3.65. The summed E-state index contributed by atoms with van der Waals surface area (Å²) in [6.45, 7) is 2.24. The minimum absolute atomic E-state index is 0.142. The van der Waals surface area contributed by atoms with Gasteiger partial charge in [-0.1, -0.05) is 0 Å². The molecule has 0 aliphatic carbocycles. The summed E-state index contributed by atoms with van der Waals surface area (Å²) in [5.74, 6) is -1.73. The fourth-order valence-corrected chi connectivity index (χ4v) is 4.09. The Labute approximate surface area is 192 Å². The number of aryl methyl sites for hydroxylation is 1. The van der Waals surface area contributed by atoms with Gasteiger partial charge in [0.15, 0.2) is 5.82 Å². The minimum Gasteiger partial charge on any atom is -0.475 e. The van der Waals surface area contributed by atoms with Gasteiger partial charge in [0.1, 0.15) is 10.8 Å². The molecule has 33 heavy (non-hydrogen) atoms. The topological polar surface area (TPSA) is 134 Å². The van der Waals surface area contributed by atoms with Crippen LogP contribution in [0.2, 0.25) is 0 Å². The molecule has 0 radical (unpaired) electrons. The largest absolute Gasteiger partial charge is 0.490 e. The second-order valence-corrected chi connectivity index (χ2v) is 8.23. The number of nitrogens with zero attached hydrogens (tertiary/aromatic N) is 4. The highest BCUT2D eigenvalue weighted by molar-refractivity contribution is 7.22. The van der Waals surface area contributed by atoms with Gasteiger partial charge in [-0.15, -0.1) is 22.7 Å². The maximum absolute atomic E-state index is 12.4. The first-order valence-corrected chi connectivity index (χ1v) is 10.8. The summed E-state index contributed by atoms with van der Waals surface area (Å²) in [6, 6.07) is 7.40. The zero-order valence-corrected chi connectivity index (χ0v) is 18.4. The number of thiophene rings is 1. The Morgan fingerprint density at radius 2 is 1.85 bits per heavy atom. The molecular weight excluding hydrogens is 481 g/mol. The molecule has 0 fully saturated rings. The lowest BCUT2D eigenvalue weighted by atomic mass is 10.2. The Balaban J connectivity index is 0.000000383. The summed E-state index contributed by atoms with van der Waals surface area (Å²) in [5.41, 5.74) is 1.86. The van der Waals surface area contributed by atoms with Crippen LogP contribution in [0.1, 0.15) is 21.2 Å². The van der Waals surface area contributed by atoms with Crippen LogP contribution in [0, 0.1) is 6.92 Å². The van der Waals surface area contributed by atoms with Crippen LogP contribution in [0.4, 0.5) is 13.2 Å². The van der Waals surface area contributed by atoms with E-state index in [1.165, 1.54) is 11.3 Å². The minimum atomic E-state index is -5.08. The van der Waals surface area contributed by atoms with Gasteiger partial charge in [-0.2, -0.15) is 18.3 Å². The molecule has 0 aromatic carbocycles. The van der Waals surface area contributed by atoms with Crippen molar-refractivity contribution < 1.29 is 27.9 Å². The fourth-order valence-electron chi connectivity index (χ4n) is 2.30. The third kappa shape index (κ3) is 6.66. The van der Waals surface area contributed by atoms with E-state index in [1.807, 2.05) is 36.6 Å². The summed E-state index contributed by atoms with van der Waals surface area (Å²) in [6.07, 6.45) is -1.71. The van der Waals surface area contributed by atoms with Crippen molar-refractivity contribution in [1.82, 2.24) is 30.5 Å². The van der Waals surface area contributed by atoms with E-state index in [-0.39, 0.29) is 12.5 Å². The number of carboxylic acids is 1. The van der Waals surface area contributed by atoms with E-state index in [9.17, 15) is 18.0 Å². The van der Waals surface area contributed by atoms with Crippen LogP contribution >= 0.6 is 22.7 Å². The van der Waals surface area contributed by atoms with Crippen LogP contribution < -0.4 is 5.32 Å². The van der Waals surface area contributed by atoms with Gasteiger partial charge in [0.2, 0.25) is 0 Å². The smallest absolute Gasteiger partial charge is 0.475 e. The molecule has 0 unspecified atom stereocenters. The first-order chi connectivity index (χ1) is 15.6. The van der Waals surface area contributed by atoms with E-state index >= 15 is 0 Å². The number of hydrogen-bond acceptors (Lipinski definition) is 8. The summed E-state index contributed by atoms with van der Waals surface area (Å²) in [7, 11) is 0. The molecule has 14 heteroatoms. The van der Waals surface area contributed by atoms with Crippen LogP contribution in [0.15, 0.2) is 42.0 Å². The molecule has 1 amide bonds. The molecule has 0 saturated carbocycles. The lowest BCUT2D eigenvalue weighted by Gasteiger charge is -1.99. The lowest BCUT2D eigenvalue weighted by Crippen LogP contribution is -2.22. The van der Waals surface area contributed by atoms with Crippen molar-refractivity contribution in [3.63, 3.8) is 0 Å². The highest BCUT2D eigenvalue weighted by Crippen LogP contribution is 2.30. The number of aliphatic carboxylic acids is 1. The first kappa shape index (κ1) is 24.0. The van der Waals surface area contributed by atoms with Crippen molar-refractivity contribution in [1.29, 1.82) is 0 Å². The number of pyridine rings is 1. The Morgan fingerprint density at radius 1 is 1.15 bits per heavy atom. The molecule has 0 aliphatic rings. The summed E-state index contributed by atoms with van der Waals surface area (Å²) in [4.78, 5) is 35.7. The quantitative estimate of drug-likeness (QED) is 0.381. The fraction of sp³-hybridized carbons (Fsp3) is 0.158. The molecule has 0 spiro atoms. The van der Waals surface area contributed by atoms with E-state index in [0.29, 0.717) is 16.5 Å². The molecule has 0 saturated heterocycles. The number of hydrogen-bond donors (Lipinski definition) is 3. The first-order valence-electron chi connectivity index (χ1n) is 9.06. The zero-order valence-electron chi connectivity index (χ0n) is 16.8. The summed E-state index contributed by atoms with van der Waals surface area (Å²) in [5, 5.41) is 19.9. The van der Waals surface area contributed by atoms with Gasteiger partial charge in [0.25, 0.3) is 5.91 Å². The molecule has 0 aliphatic heterocycles. The van der Waals surface area contributed by atoms with Crippen LogP contribution in [0.25, 0.3) is 21.3 Å². The number of nitrogens with one attached hydrogen (secondary N) is 2. The van der Waals surface area contributed by atoms with Gasteiger partial charge in [-0.3, -0.25) is 14.9 Å². The van der Waals surface area contributed by atoms with Crippen LogP contribution in [-0.2, 0) is 11.3 Å². The van der Waals surface area contributed by atoms with Crippen molar-refractivity contribution in [2.24, 2.45) is 0 Å². The number of alkyl halides is 3. The average molecular weight is 496 g/mol. The van der Waals surface area contributed by atoms with Crippen molar-refractivity contribution in [2.45, 2.75) is 19.6 Å². The van der Waals surface area contributed by atoms with E-state index in [4.69, 9.17) is 9.90 Å². The van der Waals surface area contributed by atoms with Gasteiger partial charge in [-0.05, 0) is 31.2 Å². The number of carbonyl (C=O) groups is 2. The Morgan fingerprint density at radius 3 is 2.45 bits per heavy atom. The molecule has 4 aromatic heterocycles. The number of amides is 1. The van der Waals surface area contributed by atoms with Crippen molar-refractivity contribution >= 4 is 34.6 Å². The second-order valence-electron chi connectivity index (χ2n) is 6.29. The predicted molar refractivity (Wildman–Crippen MR) is 115 cm³/mol. The molecule has 4 aromatic rings. The third-order valence-electron chi connectivity index (χ3n) is 3.79. The van der Waals surface area contributed by atoms with Crippen molar-refractivity contribution in [3.05, 3.63) is 58.4 Å². The predicted octanol–water partition coefficient (Wildman–Crippen LogP) is 3.92. The van der Waals surface area contributed by atoms with E-state index in [1.54, 1.807) is 23.7 Å². The summed E-state index contributed by atoms with van der Waals surface area (Å²) >= 11 is 3.01. The zero-order chi connectivity index (χ0) is 24.0. The number of carbonyl (C=O) groups excluding carboxylic acids is 1. The number of aromatic amines is 1. The molecule has 4 rings (SSSR count). The second kappa shape index (κ2) is 10.3. The van der Waals surface area contributed by atoms with Crippen LogP contribution in [-0.4, -0.2) is 48.3 Å². The number of rotatable bonds is 5. The molecule has 172 valence electrons. The van der Waals surface area contributed by atoms with Gasteiger partial charge in [0, 0.05) is 29.0 Å².